The van der Waals surface area contributed by atoms with Crippen molar-refractivity contribution >= 4 is 39.5 Å². The summed E-state index contributed by atoms with van der Waals surface area (Å²) in [7, 11) is 0. The molecule has 0 saturated heterocycles. The van der Waals surface area contributed by atoms with Crippen LogP contribution in [0.3, 0.4) is 0 Å². The first kappa shape index (κ1) is 17.4. The van der Waals surface area contributed by atoms with Gasteiger partial charge in [0, 0.05) is 28.2 Å². The molecule has 24 heavy (non-hydrogen) atoms. The molecule has 7 nitrogen and oxygen atoms in total. The molecule has 0 saturated carbocycles. The average Bonchev–Trinajstić information content (AvgIpc) is 2.58. The largest absolute Gasteiger partial charge is 0.269 e. The highest BCUT2D eigenvalue weighted by atomic mass is 79.9. The van der Waals surface area contributed by atoms with Gasteiger partial charge in [0.1, 0.15) is 0 Å². The first-order valence-electron chi connectivity index (χ1n) is 6.74. The van der Waals surface area contributed by atoms with E-state index in [0.29, 0.717) is 11.1 Å². The molecule has 0 spiro atoms. The highest BCUT2D eigenvalue weighted by Crippen LogP contribution is 2.12. The zero-order valence-corrected chi connectivity index (χ0v) is 13.8. The summed E-state index contributed by atoms with van der Waals surface area (Å²) < 4.78 is 0.842. The minimum absolute atomic E-state index is 0.0293. The molecule has 0 aliphatic heterocycles. The van der Waals surface area contributed by atoms with Gasteiger partial charge in [-0.3, -0.25) is 30.6 Å². The van der Waals surface area contributed by atoms with E-state index in [-0.39, 0.29) is 5.69 Å². The lowest BCUT2D eigenvalue weighted by atomic mass is 10.2. The van der Waals surface area contributed by atoms with Crippen molar-refractivity contribution in [2.75, 3.05) is 0 Å². The third kappa shape index (κ3) is 5.03. The second-order valence-electron chi connectivity index (χ2n) is 4.63. The summed E-state index contributed by atoms with van der Waals surface area (Å²) in [5, 5.41) is 10.5. The number of benzene rings is 2. The molecule has 2 N–H and O–H groups in total. The van der Waals surface area contributed by atoms with Crippen LogP contribution in [0.5, 0.6) is 0 Å². The average molecular weight is 390 g/mol. The Morgan fingerprint density at radius 1 is 1.00 bits per heavy atom. The Hall–Kier alpha value is -3.00. The SMILES string of the molecule is O=C(/C=C/c1ccc([N+](=O)[O-])cc1)NNC(=O)c1ccc(Br)cc1. The number of hydrogen-bond acceptors (Lipinski definition) is 4. The molecule has 2 amide bonds. The van der Waals surface area contributed by atoms with E-state index >= 15 is 0 Å². The van der Waals surface area contributed by atoms with Crippen LogP contribution >= 0.6 is 15.9 Å². The molecule has 0 aromatic heterocycles. The maximum absolute atomic E-state index is 11.8. The highest BCUT2D eigenvalue weighted by molar-refractivity contribution is 9.10. The number of amides is 2. The van der Waals surface area contributed by atoms with Crippen molar-refractivity contribution in [3.05, 3.63) is 80.3 Å². The molecule has 2 aromatic rings. The standard InChI is InChI=1S/C16H12BrN3O4/c17-13-6-4-12(5-7-13)16(22)19-18-15(21)10-3-11-1-8-14(9-2-11)20(23)24/h1-10H,(H,18,21)(H,19,22)/b10-3+. The van der Waals surface area contributed by atoms with Crippen molar-refractivity contribution in [1.29, 1.82) is 0 Å². The Labute approximate surface area is 145 Å². The monoisotopic (exact) mass is 389 g/mol. The molecule has 0 bridgehead atoms. The molecular weight excluding hydrogens is 378 g/mol. The van der Waals surface area contributed by atoms with Gasteiger partial charge >= 0.3 is 0 Å². The first-order valence-corrected chi connectivity index (χ1v) is 7.53. The number of hydrazine groups is 1. The Morgan fingerprint density at radius 2 is 1.62 bits per heavy atom. The molecule has 0 heterocycles. The summed E-state index contributed by atoms with van der Waals surface area (Å²) in [6, 6.07) is 12.4. The summed E-state index contributed by atoms with van der Waals surface area (Å²) in [6.45, 7) is 0. The molecule has 0 radical (unpaired) electrons. The molecular formula is C16H12BrN3O4. The van der Waals surface area contributed by atoms with Crippen LogP contribution in [0, 0.1) is 10.1 Å². The molecule has 0 fully saturated rings. The summed E-state index contributed by atoms with van der Waals surface area (Å²) in [5.41, 5.74) is 5.53. The summed E-state index contributed by atoms with van der Waals surface area (Å²) in [4.78, 5) is 33.5. The zero-order chi connectivity index (χ0) is 17.5. The van der Waals surface area contributed by atoms with E-state index in [4.69, 9.17) is 0 Å². The van der Waals surface area contributed by atoms with Gasteiger partial charge in [0.05, 0.1) is 4.92 Å². The van der Waals surface area contributed by atoms with Crippen LogP contribution in [0.15, 0.2) is 59.1 Å². The highest BCUT2D eigenvalue weighted by Gasteiger charge is 2.06. The van der Waals surface area contributed by atoms with Crippen molar-refractivity contribution < 1.29 is 14.5 Å². The quantitative estimate of drug-likeness (QED) is 0.476. The third-order valence-electron chi connectivity index (χ3n) is 2.94. The predicted molar refractivity (Wildman–Crippen MR) is 91.9 cm³/mol. The van der Waals surface area contributed by atoms with E-state index < -0.39 is 16.7 Å². The van der Waals surface area contributed by atoms with Gasteiger partial charge in [0.15, 0.2) is 0 Å². The van der Waals surface area contributed by atoms with Crippen molar-refractivity contribution in [3.8, 4) is 0 Å². The molecule has 0 aliphatic rings. The lowest BCUT2D eigenvalue weighted by molar-refractivity contribution is -0.384. The van der Waals surface area contributed by atoms with Crippen LogP contribution in [-0.2, 0) is 4.79 Å². The summed E-state index contributed by atoms with van der Waals surface area (Å²) in [6.07, 6.45) is 2.69. The van der Waals surface area contributed by atoms with Crippen molar-refractivity contribution in [3.63, 3.8) is 0 Å². The minimum Gasteiger partial charge on any atom is -0.268 e. The lowest BCUT2D eigenvalue weighted by Crippen LogP contribution is -2.40. The number of carbonyl (C=O) groups excluding carboxylic acids is 2. The van der Waals surface area contributed by atoms with Crippen molar-refractivity contribution in [2.45, 2.75) is 0 Å². The normalized spacial score (nSPS) is 10.4. The number of nitro groups is 1. The molecule has 0 unspecified atom stereocenters. The first-order chi connectivity index (χ1) is 11.5. The van der Waals surface area contributed by atoms with Crippen LogP contribution in [0.2, 0.25) is 0 Å². The fourth-order valence-corrected chi connectivity index (χ4v) is 1.98. The number of non-ortho nitro benzene ring substituents is 1. The van der Waals surface area contributed by atoms with E-state index in [1.165, 1.54) is 36.4 Å². The van der Waals surface area contributed by atoms with Gasteiger partial charge in [-0.1, -0.05) is 15.9 Å². The lowest BCUT2D eigenvalue weighted by Gasteiger charge is -2.05. The van der Waals surface area contributed by atoms with E-state index in [0.717, 1.165) is 4.47 Å². The molecule has 0 atom stereocenters. The van der Waals surface area contributed by atoms with E-state index in [1.54, 1.807) is 24.3 Å². The van der Waals surface area contributed by atoms with Crippen molar-refractivity contribution in [1.82, 2.24) is 10.9 Å². The summed E-state index contributed by atoms with van der Waals surface area (Å²) in [5.74, 6) is -0.974. The number of nitro benzene ring substituents is 1. The Bertz CT molecular complexity index is 786. The number of nitrogens with one attached hydrogen (secondary N) is 2. The second-order valence-corrected chi connectivity index (χ2v) is 5.55. The maximum Gasteiger partial charge on any atom is 0.269 e. The molecule has 2 rings (SSSR count). The number of halogens is 1. The zero-order valence-electron chi connectivity index (χ0n) is 12.2. The summed E-state index contributed by atoms with van der Waals surface area (Å²) >= 11 is 3.26. The Kier molecular flexibility index (Phi) is 5.80. The number of nitrogens with zero attached hydrogens (tertiary/aromatic N) is 1. The van der Waals surface area contributed by atoms with Crippen LogP contribution in [-0.4, -0.2) is 16.7 Å². The van der Waals surface area contributed by atoms with Gasteiger partial charge in [-0.15, -0.1) is 0 Å². The molecule has 0 aliphatic carbocycles. The predicted octanol–water partition coefficient (Wildman–Crippen LogP) is 2.83. The number of carbonyl (C=O) groups is 2. The van der Waals surface area contributed by atoms with Gasteiger partial charge in [0.25, 0.3) is 17.5 Å². The molecule has 122 valence electrons. The number of rotatable bonds is 4. The molecule has 2 aromatic carbocycles. The van der Waals surface area contributed by atoms with E-state index in [2.05, 4.69) is 26.8 Å². The van der Waals surface area contributed by atoms with Crippen LogP contribution in [0.1, 0.15) is 15.9 Å². The van der Waals surface area contributed by atoms with Crippen molar-refractivity contribution in [2.24, 2.45) is 0 Å². The third-order valence-corrected chi connectivity index (χ3v) is 3.47. The maximum atomic E-state index is 11.8. The fraction of sp³-hybridized carbons (Fsp3) is 0. The van der Waals surface area contributed by atoms with E-state index in [1.807, 2.05) is 0 Å². The van der Waals surface area contributed by atoms with Gasteiger partial charge in [-0.2, -0.15) is 0 Å². The van der Waals surface area contributed by atoms with Gasteiger partial charge in [-0.05, 0) is 48.0 Å². The van der Waals surface area contributed by atoms with Gasteiger partial charge in [0.2, 0.25) is 0 Å². The topological polar surface area (TPSA) is 101 Å². The van der Waals surface area contributed by atoms with Crippen LogP contribution < -0.4 is 10.9 Å². The molecule has 8 heteroatoms. The number of hydrogen-bond donors (Lipinski definition) is 2. The van der Waals surface area contributed by atoms with Crippen LogP contribution in [0.25, 0.3) is 6.08 Å². The Balaban J connectivity index is 1.87. The Morgan fingerprint density at radius 3 is 2.21 bits per heavy atom. The minimum atomic E-state index is -0.529. The van der Waals surface area contributed by atoms with Gasteiger partial charge < -0.3 is 0 Å². The smallest absolute Gasteiger partial charge is 0.268 e. The second kappa shape index (κ2) is 8.02. The fourth-order valence-electron chi connectivity index (χ4n) is 1.71. The van der Waals surface area contributed by atoms with Gasteiger partial charge in [-0.25, -0.2) is 0 Å². The van der Waals surface area contributed by atoms with E-state index in [9.17, 15) is 19.7 Å². The van der Waals surface area contributed by atoms with Crippen LogP contribution in [0.4, 0.5) is 5.69 Å².